The van der Waals surface area contributed by atoms with Crippen LogP contribution >= 0.6 is 8.52 Å². The van der Waals surface area contributed by atoms with Crippen molar-refractivity contribution >= 4 is 20.7 Å². The topological polar surface area (TPSA) is 75.8 Å². The number of carbonyl (C=O) groups excluding carboxylic acids is 2. The normalized spacial score (nSPS) is 19.9. The van der Waals surface area contributed by atoms with Crippen LogP contribution < -0.4 is 5.50 Å². The van der Waals surface area contributed by atoms with E-state index in [4.69, 9.17) is 5.50 Å². The highest BCUT2D eigenvalue weighted by Gasteiger charge is 2.33. The highest BCUT2D eigenvalue weighted by atomic mass is 31.1. The molecule has 2 unspecified atom stereocenters. The van der Waals surface area contributed by atoms with Crippen LogP contribution in [0.2, 0.25) is 0 Å². The predicted octanol–water partition coefficient (Wildman–Crippen LogP) is 2.61. The summed E-state index contributed by atoms with van der Waals surface area (Å²) in [6, 6.07) is 5.82. The van der Waals surface area contributed by atoms with Gasteiger partial charge >= 0.3 is 0 Å². The Bertz CT molecular complexity index is 589. The number of aldehydes is 1. The molecule has 1 aromatic rings. The van der Waals surface area contributed by atoms with Crippen molar-refractivity contribution in [1.82, 2.24) is 4.90 Å². The highest BCUT2D eigenvalue weighted by Crippen LogP contribution is 2.26. The SMILES string of the molecule is Cc1ccc(CN2CCC(CC(C=O)N=PN)C2=O)c(C)c1. The van der Waals surface area contributed by atoms with Gasteiger partial charge < -0.3 is 9.69 Å². The summed E-state index contributed by atoms with van der Waals surface area (Å²) in [6.45, 7) is 5.51. The molecule has 2 atom stereocenters. The molecule has 1 aliphatic rings. The molecule has 6 heteroatoms. The number of amides is 1. The van der Waals surface area contributed by atoms with Crippen LogP contribution in [0.5, 0.6) is 0 Å². The summed E-state index contributed by atoms with van der Waals surface area (Å²) in [7, 11) is 0.346. The summed E-state index contributed by atoms with van der Waals surface area (Å²) in [5.41, 5.74) is 8.93. The second-order valence-electron chi connectivity index (χ2n) is 5.85. The van der Waals surface area contributed by atoms with Gasteiger partial charge in [-0.3, -0.25) is 10.3 Å². The van der Waals surface area contributed by atoms with Crippen LogP contribution in [0, 0.1) is 19.8 Å². The number of nitrogens with zero attached hydrogens (tertiary/aromatic N) is 2. The predicted molar refractivity (Wildman–Crippen MR) is 87.4 cm³/mol. The Morgan fingerprint density at radius 1 is 1.50 bits per heavy atom. The highest BCUT2D eigenvalue weighted by molar-refractivity contribution is 7.23. The molecule has 0 saturated carbocycles. The van der Waals surface area contributed by atoms with Gasteiger partial charge in [-0.15, -0.1) is 0 Å². The lowest BCUT2D eigenvalue weighted by molar-refractivity contribution is -0.131. The fraction of sp³-hybridized carbons (Fsp3) is 0.500. The van der Waals surface area contributed by atoms with Crippen LogP contribution in [0.3, 0.4) is 0 Å². The fourth-order valence-electron chi connectivity index (χ4n) is 2.92. The summed E-state index contributed by atoms with van der Waals surface area (Å²) in [5.74, 6) is 0.00201. The first kappa shape index (κ1) is 16.8. The van der Waals surface area contributed by atoms with Gasteiger partial charge in [0.1, 0.15) is 12.3 Å². The van der Waals surface area contributed by atoms with Crippen molar-refractivity contribution < 1.29 is 9.59 Å². The zero-order valence-corrected chi connectivity index (χ0v) is 13.9. The first-order valence-corrected chi connectivity index (χ1v) is 8.37. The molecule has 2 rings (SSSR count). The molecular weight excluding hydrogens is 297 g/mol. The van der Waals surface area contributed by atoms with Gasteiger partial charge in [-0.2, -0.15) is 0 Å². The average molecular weight is 319 g/mol. The molecule has 0 aliphatic carbocycles. The minimum atomic E-state index is -0.471. The number of hydrogen-bond donors (Lipinski definition) is 1. The molecule has 1 aliphatic heterocycles. The lowest BCUT2D eigenvalue weighted by Crippen LogP contribution is -2.28. The molecule has 1 fully saturated rings. The maximum absolute atomic E-state index is 12.5. The van der Waals surface area contributed by atoms with E-state index in [9.17, 15) is 9.59 Å². The number of hydrogen-bond acceptors (Lipinski definition) is 3. The second kappa shape index (κ2) is 7.61. The lowest BCUT2D eigenvalue weighted by atomic mass is 9.99. The third-order valence-electron chi connectivity index (χ3n) is 4.17. The summed E-state index contributed by atoms with van der Waals surface area (Å²) < 4.78 is 3.98. The third kappa shape index (κ3) is 3.99. The minimum Gasteiger partial charge on any atom is -0.338 e. The number of carbonyl (C=O) groups is 2. The van der Waals surface area contributed by atoms with Gasteiger partial charge in [0.15, 0.2) is 0 Å². The molecule has 0 radical (unpaired) electrons. The Hall–Kier alpha value is -1.58. The van der Waals surface area contributed by atoms with Gasteiger partial charge in [-0.25, -0.2) is 4.74 Å². The molecule has 1 heterocycles. The van der Waals surface area contributed by atoms with Crippen LogP contribution in [-0.4, -0.2) is 29.7 Å². The van der Waals surface area contributed by atoms with Crippen LogP contribution in [0.15, 0.2) is 22.9 Å². The lowest BCUT2D eigenvalue weighted by Gasteiger charge is -2.19. The zero-order chi connectivity index (χ0) is 16.1. The molecule has 0 spiro atoms. The van der Waals surface area contributed by atoms with Gasteiger partial charge in [0, 0.05) is 19.0 Å². The van der Waals surface area contributed by atoms with Crippen molar-refractivity contribution in [2.75, 3.05) is 6.54 Å². The van der Waals surface area contributed by atoms with Crippen molar-refractivity contribution in [2.24, 2.45) is 16.2 Å². The number of likely N-dealkylation sites (tertiary alicyclic amines) is 1. The maximum Gasteiger partial charge on any atom is 0.226 e. The Kier molecular flexibility index (Phi) is 5.81. The molecule has 1 aromatic carbocycles. The molecule has 0 bridgehead atoms. The van der Waals surface area contributed by atoms with Crippen molar-refractivity contribution in [2.45, 2.75) is 39.3 Å². The van der Waals surface area contributed by atoms with Crippen LogP contribution in [0.4, 0.5) is 0 Å². The molecule has 0 aromatic heterocycles. The molecular formula is C16H22N3O2P. The number of aryl methyl sites for hydroxylation is 2. The van der Waals surface area contributed by atoms with Gasteiger partial charge in [-0.05, 0) is 37.8 Å². The Morgan fingerprint density at radius 3 is 2.91 bits per heavy atom. The Morgan fingerprint density at radius 2 is 2.27 bits per heavy atom. The van der Waals surface area contributed by atoms with E-state index in [1.54, 1.807) is 0 Å². The average Bonchev–Trinajstić information content (AvgIpc) is 2.82. The first-order chi connectivity index (χ1) is 10.5. The van der Waals surface area contributed by atoms with Crippen LogP contribution in [0.25, 0.3) is 0 Å². The van der Waals surface area contributed by atoms with Gasteiger partial charge in [0.05, 0.1) is 8.52 Å². The number of rotatable bonds is 6. The quantitative estimate of drug-likeness (QED) is 0.647. The second-order valence-corrected chi connectivity index (χ2v) is 6.31. The number of nitrogens with two attached hydrogens (primary N) is 1. The van der Waals surface area contributed by atoms with E-state index < -0.39 is 6.04 Å². The van der Waals surface area contributed by atoms with Gasteiger partial charge in [0.2, 0.25) is 5.91 Å². The van der Waals surface area contributed by atoms with E-state index in [0.717, 1.165) is 19.3 Å². The summed E-state index contributed by atoms with van der Waals surface area (Å²) in [6.07, 6.45) is 2.03. The maximum atomic E-state index is 12.5. The van der Waals surface area contributed by atoms with Crippen LogP contribution in [-0.2, 0) is 16.1 Å². The Balaban J connectivity index is 2.00. The fourth-order valence-corrected chi connectivity index (χ4v) is 3.24. The minimum absolute atomic E-state index is 0.119. The van der Waals surface area contributed by atoms with Crippen molar-refractivity contribution in [3.05, 3.63) is 34.9 Å². The van der Waals surface area contributed by atoms with Crippen molar-refractivity contribution in [3.63, 3.8) is 0 Å². The zero-order valence-electron chi connectivity index (χ0n) is 13.0. The summed E-state index contributed by atoms with van der Waals surface area (Å²) in [5, 5.41) is 0. The van der Waals surface area contributed by atoms with E-state index in [2.05, 4.69) is 36.8 Å². The molecule has 22 heavy (non-hydrogen) atoms. The van der Waals surface area contributed by atoms with Crippen molar-refractivity contribution in [1.29, 1.82) is 0 Å². The molecule has 118 valence electrons. The Labute approximate surface area is 132 Å². The van der Waals surface area contributed by atoms with E-state index in [1.165, 1.54) is 16.7 Å². The van der Waals surface area contributed by atoms with Gasteiger partial charge in [-0.1, -0.05) is 23.8 Å². The summed E-state index contributed by atoms with van der Waals surface area (Å²) in [4.78, 5) is 25.3. The monoisotopic (exact) mass is 319 g/mol. The molecule has 1 saturated heterocycles. The third-order valence-corrected chi connectivity index (χ3v) is 4.60. The molecule has 2 N–H and O–H groups in total. The molecule has 1 amide bonds. The van der Waals surface area contributed by atoms with Crippen LogP contribution in [0.1, 0.15) is 29.5 Å². The smallest absolute Gasteiger partial charge is 0.226 e. The van der Waals surface area contributed by atoms with E-state index in [0.29, 0.717) is 21.5 Å². The van der Waals surface area contributed by atoms with Crippen molar-refractivity contribution in [3.8, 4) is 0 Å². The number of benzene rings is 1. The van der Waals surface area contributed by atoms with E-state index in [1.807, 2.05) is 4.90 Å². The van der Waals surface area contributed by atoms with Gasteiger partial charge in [0.25, 0.3) is 0 Å². The molecule has 5 nitrogen and oxygen atoms in total. The largest absolute Gasteiger partial charge is 0.338 e. The standard InChI is InChI=1S/C16H22N3O2P/c1-11-3-4-14(12(2)7-11)9-19-6-5-13(16(19)21)8-15(10-20)18-22-17/h3-4,7,10,13,15H,5-6,8-9H2,1-2H3,(H2,17,18). The first-order valence-electron chi connectivity index (χ1n) is 7.45. The summed E-state index contributed by atoms with van der Waals surface area (Å²) >= 11 is 0. The van der Waals surface area contributed by atoms with E-state index >= 15 is 0 Å². The van der Waals surface area contributed by atoms with E-state index in [-0.39, 0.29) is 11.8 Å².